The quantitative estimate of drug-likeness (QED) is 0.643. The molecule has 0 spiro atoms. The zero-order chi connectivity index (χ0) is 17.9. The van der Waals surface area contributed by atoms with Gasteiger partial charge >= 0.3 is 0 Å². The van der Waals surface area contributed by atoms with Crippen LogP contribution in [0.2, 0.25) is 0 Å². The molecule has 1 unspecified atom stereocenters. The van der Waals surface area contributed by atoms with Crippen molar-refractivity contribution in [2.75, 3.05) is 13.1 Å². The van der Waals surface area contributed by atoms with Gasteiger partial charge in [0.15, 0.2) is 0 Å². The van der Waals surface area contributed by atoms with Crippen molar-refractivity contribution in [2.45, 2.75) is 47.0 Å². The number of hydroxylamine groups is 1. The summed E-state index contributed by atoms with van der Waals surface area (Å²) in [7, 11) is 0. The molecule has 0 saturated carbocycles. The molecule has 1 aromatic carbocycles. The zero-order valence-electron chi connectivity index (χ0n) is 15.1. The number of benzene rings is 1. The Kier molecular flexibility index (Phi) is 5.65. The van der Waals surface area contributed by atoms with Crippen molar-refractivity contribution in [1.82, 2.24) is 10.4 Å². The summed E-state index contributed by atoms with van der Waals surface area (Å²) < 4.78 is 0. The Bertz CT molecular complexity index is 627. The van der Waals surface area contributed by atoms with Gasteiger partial charge in [0.2, 0.25) is 5.91 Å². The molecule has 2 amide bonds. The molecular formula is C19H28N2O3. The van der Waals surface area contributed by atoms with Crippen LogP contribution in [0.3, 0.4) is 0 Å². The van der Waals surface area contributed by atoms with Crippen molar-refractivity contribution >= 4 is 11.8 Å². The summed E-state index contributed by atoms with van der Waals surface area (Å²) >= 11 is 0. The van der Waals surface area contributed by atoms with Crippen LogP contribution in [-0.4, -0.2) is 35.0 Å². The summed E-state index contributed by atoms with van der Waals surface area (Å²) in [5.74, 6) is 0.101. The fraction of sp³-hybridized carbons (Fsp3) is 0.579. The molecule has 0 radical (unpaired) electrons. The SMILES string of the molecule is CC(=O)N(CC(C)C)CC1(C)CCc2cc(C(=O)NO)ccc2C1. The molecule has 2 rings (SSSR count). The van der Waals surface area contributed by atoms with Gasteiger partial charge in [-0.15, -0.1) is 0 Å². The molecule has 5 heteroatoms. The second-order valence-corrected chi connectivity index (χ2v) is 7.71. The highest BCUT2D eigenvalue weighted by atomic mass is 16.5. The van der Waals surface area contributed by atoms with E-state index in [2.05, 4.69) is 20.8 Å². The summed E-state index contributed by atoms with van der Waals surface area (Å²) in [5, 5.41) is 8.76. The second kappa shape index (κ2) is 7.34. The van der Waals surface area contributed by atoms with Crippen molar-refractivity contribution in [3.63, 3.8) is 0 Å². The minimum Gasteiger partial charge on any atom is -0.342 e. The Morgan fingerprint density at radius 2 is 2.04 bits per heavy atom. The normalized spacial score (nSPS) is 19.8. The first-order valence-electron chi connectivity index (χ1n) is 8.56. The molecule has 0 heterocycles. The van der Waals surface area contributed by atoms with Crippen molar-refractivity contribution in [3.8, 4) is 0 Å². The minimum atomic E-state index is -0.481. The molecule has 1 atom stereocenters. The average molecular weight is 332 g/mol. The van der Waals surface area contributed by atoms with Crippen LogP contribution in [0, 0.1) is 11.3 Å². The van der Waals surface area contributed by atoms with Crippen LogP contribution >= 0.6 is 0 Å². The van der Waals surface area contributed by atoms with Crippen LogP contribution in [0.1, 0.15) is 55.6 Å². The first-order valence-corrected chi connectivity index (χ1v) is 8.56. The molecule has 2 N–H and O–H groups in total. The van der Waals surface area contributed by atoms with Crippen molar-refractivity contribution in [2.24, 2.45) is 11.3 Å². The van der Waals surface area contributed by atoms with Gasteiger partial charge in [0.25, 0.3) is 5.91 Å². The summed E-state index contributed by atoms with van der Waals surface area (Å²) in [6.45, 7) is 9.68. The number of amides is 2. The Morgan fingerprint density at radius 1 is 1.33 bits per heavy atom. The molecular weight excluding hydrogens is 304 g/mol. The minimum absolute atomic E-state index is 0.0499. The van der Waals surface area contributed by atoms with Crippen LogP contribution in [0.5, 0.6) is 0 Å². The molecule has 0 saturated heterocycles. The van der Waals surface area contributed by atoms with E-state index in [4.69, 9.17) is 5.21 Å². The zero-order valence-corrected chi connectivity index (χ0v) is 15.1. The highest BCUT2D eigenvalue weighted by molar-refractivity contribution is 5.93. The number of rotatable bonds is 5. The Balaban J connectivity index is 2.15. The Morgan fingerprint density at radius 3 is 2.62 bits per heavy atom. The molecule has 0 aromatic heterocycles. The van der Waals surface area contributed by atoms with Gasteiger partial charge in [0, 0.05) is 25.6 Å². The van der Waals surface area contributed by atoms with E-state index >= 15 is 0 Å². The van der Waals surface area contributed by atoms with E-state index in [1.54, 1.807) is 18.5 Å². The largest absolute Gasteiger partial charge is 0.342 e. The number of hydrogen-bond donors (Lipinski definition) is 2. The number of hydrogen-bond acceptors (Lipinski definition) is 3. The van der Waals surface area contributed by atoms with Gasteiger partial charge in [0.05, 0.1) is 0 Å². The molecule has 1 aliphatic carbocycles. The third-order valence-corrected chi connectivity index (χ3v) is 4.79. The predicted octanol–water partition coefficient (Wildman–Crippen LogP) is 2.81. The van der Waals surface area contributed by atoms with Gasteiger partial charge in [-0.2, -0.15) is 0 Å². The van der Waals surface area contributed by atoms with Gasteiger partial charge < -0.3 is 4.90 Å². The van der Waals surface area contributed by atoms with E-state index in [1.165, 1.54) is 5.56 Å². The van der Waals surface area contributed by atoms with Crippen molar-refractivity contribution < 1.29 is 14.8 Å². The van der Waals surface area contributed by atoms with Crippen LogP contribution in [0.15, 0.2) is 18.2 Å². The van der Waals surface area contributed by atoms with Crippen molar-refractivity contribution in [3.05, 3.63) is 34.9 Å². The first-order chi connectivity index (χ1) is 11.2. The third kappa shape index (κ3) is 4.35. The molecule has 1 aromatic rings. The lowest BCUT2D eigenvalue weighted by molar-refractivity contribution is -0.131. The Labute approximate surface area is 144 Å². The Hall–Kier alpha value is -1.88. The van der Waals surface area contributed by atoms with E-state index < -0.39 is 5.91 Å². The standard InChI is InChI=1S/C19H28N2O3/c1-13(2)11-21(14(3)22)12-19(4)8-7-15-9-16(18(23)20-24)5-6-17(15)10-19/h5-6,9,13,24H,7-8,10-12H2,1-4H3,(H,20,23). The van der Waals surface area contributed by atoms with Gasteiger partial charge in [0.1, 0.15) is 0 Å². The number of fused-ring (bicyclic) bond motifs is 1. The molecule has 0 fully saturated rings. The van der Waals surface area contributed by atoms with E-state index in [-0.39, 0.29) is 11.3 Å². The fourth-order valence-electron chi connectivity index (χ4n) is 3.56. The number of carbonyl (C=O) groups excluding carboxylic acids is 2. The molecule has 0 aliphatic heterocycles. The van der Waals surface area contributed by atoms with E-state index in [1.807, 2.05) is 17.0 Å². The number of aryl methyl sites for hydroxylation is 1. The summed E-state index contributed by atoms with van der Waals surface area (Å²) in [6, 6.07) is 5.57. The van der Waals surface area contributed by atoms with Crippen LogP contribution in [0.25, 0.3) is 0 Å². The van der Waals surface area contributed by atoms with E-state index in [0.717, 1.165) is 37.9 Å². The van der Waals surface area contributed by atoms with E-state index in [9.17, 15) is 9.59 Å². The molecule has 0 bridgehead atoms. The topological polar surface area (TPSA) is 69.6 Å². The average Bonchev–Trinajstić information content (AvgIpc) is 2.52. The van der Waals surface area contributed by atoms with Crippen LogP contribution < -0.4 is 5.48 Å². The maximum absolute atomic E-state index is 12.0. The lowest BCUT2D eigenvalue weighted by Gasteiger charge is -2.39. The first kappa shape index (κ1) is 18.5. The highest BCUT2D eigenvalue weighted by Crippen LogP contribution is 2.36. The number of nitrogens with one attached hydrogen (secondary N) is 1. The number of carbonyl (C=O) groups is 2. The maximum Gasteiger partial charge on any atom is 0.274 e. The smallest absolute Gasteiger partial charge is 0.274 e. The fourth-order valence-corrected chi connectivity index (χ4v) is 3.56. The molecule has 24 heavy (non-hydrogen) atoms. The van der Waals surface area contributed by atoms with Gasteiger partial charge in [-0.3, -0.25) is 14.8 Å². The number of nitrogens with zero attached hydrogens (tertiary/aromatic N) is 1. The van der Waals surface area contributed by atoms with Crippen LogP contribution in [0.4, 0.5) is 0 Å². The monoisotopic (exact) mass is 332 g/mol. The summed E-state index contributed by atoms with van der Waals surface area (Å²) in [6.07, 6.45) is 2.75. The second-order valence-electron chi connectivity index (χ2n) is 7.71. The van der Waals surface area contributed by atoms with Crippen molar-refractivity contribution in [1.29, 1.82) is 0 Å². The maximum atomic E-state index is 12.0. The summed E-state index contributed by atoms with van der Waals surface area (Å²) in [5.41, 5.74) is 4.59. The molecule has 132 valence electrons. The third-order valence-electron chi connectivity index (χ3n) is 4.79. The lowest BCUT2D eigenvalue weighted by Crippen LogP contribution is -2.43. The highest BCUT2D eigenvalue weighted by Gasteiger charge is 2.33. The molecule has 1 aliphatic rings. The summed E-state index contributed by atoms with van der Waals surface area (Å²) in [4.78, 5) is 25.5. The van der Waals surface area contributed by atoms with Crippen LogP contribution in [-0.2, 0) is 17.6 Å². The van der Waals surface area contributed by atoms with Gasteiger partial charge in [-0.1, -0.05) is 26.8 Å². The van der Waals surface area contributed by atoms with Gasteiger partial charge in [-0.25, -0.2) is 5.48 Å². The van der Waals surface area contributed by atoms with Gasteiger partial charge in [-0.05, 0) is 53.9 Å². The van der Waals surface area contributed by atoms with E-state index in [0.29, 0.717) is 11.5 Å². The predicted molar refractivity (Wildman–Crippen MR) is 92.9 cm³/mol. The molecule has 5 nitrogen and oxygen atoms in total. The lowest BCUT2D eigenvalue weighted by atomic mass is 9.72.